The van der Waals surface area contributed by atoms with E-state index < -0.39 is 0 Å². The van der Waals surface area contributed by atoms with Gasteiger partial charge in [-0.15, -0.1) is 22.7 Å². The second-order valence-corrected chi connectivity index (χ2v) is 29.3. The van der Waals surface area contributed by atoms with Crippen molar-refractivity contribution in [3.8, 4) is 90.6 Å². The molecular formula is C98H58N6S2. The lowest BCUT2D eigenvalue weighted by Crippen LogP contribution is -2.00. The number of fused-ring (bicyclic) bond motifs is 18. The summed E-state index contributed by atoms with van der Waals surface area (Å²) in [6, 6.07) is 126. The molecular weight excluding hydrogens is 1330 g/mol. The van der Waals surface area contributed by atoms with Crippen LogP contribution in [0.1, 0.15) is 0 Å². The van der Waals surface area contributed by atoms with Crippen LogP contribution in [0.3, 0.4) is 0 Å². The number of rotatable bonds is 8. The zero-order valence-electron chi connectivity index (χ0n) is 57.0. The Labute approximate surface area is 617 Å². The maximum absolute atomic E-state index is 5.06. The predicted octanol–water partition coefficient (Wildman–Crippen LogP) is 27.0. The molecule has 0 unspecified atom stereocenters. The molecule has 6 nitrogen and oxygen atoms in total. The first-order chi connectivity index (χ1) is 52.5. The van der Waals surface area contributed by atoms with Crippen molar-refractivity contribution in [1.29, 1.82) is 0 Å². The zero-order chi connectivity index (χ0) is 69.8. The summed E-state index contributed by atoms with van der Waals surface area (Å²) in [6.07, 6.45) is 0. The van der Waals surface area contributed by atoms with Crippen LogP contribution in [0.5, 0.6) is 0 Å². The van der Waals surface area contributed by atoms with Gasteiger partial charge in [-0.1, -0.05) is 303 Å². The Kier molecular flexibility index (Phi) is 14.5. The van der Waals surface area contributed by atoms with E-state index in [9.17, 15) is 0 Å². The van der Waals surface area contributed by atoms with Gasteiger partial charge in [0.1, 0.15) is 0 Å². The largest absolute Gasteiger partial charge is 0.208 e. The van der Waals surface area contributed by atoms with Crippen LogP contribution in [0.25, 0.3) is 217 Å². The molecule has 0 amide bonds. The van der Waals surface area contributed by atoms with E-state index in [1.807, 2.05) is 144 Å². The van der Waals surface area contributed by atoms with Crippen molar-refractivity contribution in [2.45, 2.75) is 0 Å². The van der Waals surface area contributed by atoms with Gasteiger partial charge in [0.2, 0.25) is 0 Å². The highest BCUT2D eigenvalue weighted by Gasteiger charge is 2.21. The molecule has 0 saturated carbocycles. The minimum Gasteiger partial charge on any atom is -0.208 e. The molecule has 18 aromatic carbocycles. The summed E-state index contributed by atoms with van der Waals surface area (Å²) in [5, 5.41) is 25.1. The molecule has 0 saturated heterocycles. The van der Waals surface area contributed by atoms with Gasteiger partial charge in [-0.3, -0.25) is 0 Å². The quantitative estimate of drug-likeness (QED) is 0.141. The van der Waals surface area contributed by atoms with Crippen molar-refractivity contribution in [2.24, 2.45) is 0 Å². The van der Waals surface area contributed by atoms with Gasteiger partial charge in [-0.2, -0.15) is 0 Å². The highest BCUT2D eigenvalue weighted by Crippen LogP contribution is 2.45. The van der Waals surface area contributed by atoms with E-state index in [4.69, 9.17) is 29.9 Å². The summed E-state index contributed by atoms with van der Waals surface area (Å²) >= 11 is 3.75. The van der Waals surface area contributed by atoms with E-state index in [-0.39, 0.29) is 0 Å². The van der Waals surface area contributed by atoms with Crippen molar-refractivity contribution in [1.82, 2.24) is 29.9 Å². The molecule has 22 aromatic rings. The average Bonchev–Trinajstić information content (AvgIpc) is 1.45. The summed E-state index contributed by atoms with van der Waals surface area (Å²) in [7, 11) is 0. The van der Waals surface area contributed by atoms with Crippen LogP contribution in [0.2, 0.25) is 0 Å². The minimum absolute atomic E-state index is 0.657. The van der Waals surface area contributed by atoms with Gasteiger partial charge >= 0.3 is 0 Å². The molecule has 492 valence electrons. The standard InChI is InChI=1S/2C49H29N3S/c1-3-11-31(12-4-1)47-50-48(32-13-5-2-6-14-32)52-49(51-47)41-19-10-17-38-36(16-9-18-39(38)41)33-25-26-37-34(27-33)23-21-30-22-24-35-28-45-43(29-42(35)46(30)37)40-15-7-8-20-44(40)53-45;1-3-11-31(12-4-1)47-50-48(32-13-5-2-6-14-32)52-49(51-47)41-19-10-17-38-36(16-9-18-39(38)41)33-25-26-37-34(27-33)23-21-30-22-24-35-28-43-40-15-7-8-20-44(40)53-45(43)29-42(35)46(30)37/h2*1-29H. The molecule has 0 bridgehead atoms. The van der Waals surface area contributed by atoms with E-state index in [1.165, 1.54) is 127 Å². The minimum atomic E-state index is 0.657. The normalized spacial score (nSPS) is 11.8. The lowest BCUT2D eigenvalue weighted by molar-refractivity contribution is 1.08. The van der Waals surface area contributed by atoms with E-state index >= 15 is 0 Å². The summed E-state index contributed by atoms with van der Waals surface area (Å²) in [5.74, 6) is 3.94. The second kappa shape index (κ2) is 25.2. The van der Waals surface area contributed by atoms with Crippen LogP contribution < -0.4 is 0 Å². The molecule has 4 aromatic heterocycles. The van der Waals surface area contributed by atoms with Gasteiger partial charge in [0, 0.05) is 73.7 Å². The van der Waals surface area contributed by atoms with Gasteiger partial charge in [0.25, 0.3) is 0 Å². The average molecular weight is 1380 g/mol. The third-order valence-corrected chi connectivity index (χ3v) is 23.2. The van der Waals surface area contributed by atoms with Gasteiger partial charge in [0.05, 0.1) is 0 Å². The number of thiophene rings is 2. The SMILES string of the molecule is c1ccc(-c2nc(-c3ccccc3)nc(-c3cccc4c(-c5ccc6c(ccc7ccc8cc9c(cc8c76)sc6ccccc69)c5)cccc34)n2)cc1.c1ccc(-c2nc(-c3ccccc3)nc(-c3cccc4c(-c5ccc6c(ccc7ccc8cc9sc%10ccccc%10c9cc8c76)c5)cccc34)n2)cc1. The van der Waals surface area contributed by atoms with Crippen LogP contribution >= 0.6 is 22.7 Å². The number of benzene rings is 18. The van der Waals surface area contributed by atoms with Crippen LogP contribution in [0, 0.1) is 0 Å². The van der Waals surface area contributed by atoms with E-state index in [2.05, 4.69) is 231 Å². The van der Waals surface area contributed by atoms with Crippen molar-refractivity contribution in [3.63, 3.8) is 0 Å². The van der Waals surface area contributed by atoms with Crippen LogP contribution in [-0.2, 0) is 0 Å². The third kappa shape index (κ3) is 10.5. The first-order valence-corrected chi connectivity index (χ1v) is 37.3. The molecule has 0 fully saturated rings. The number of hydrogen-bond donors (Lipinski definition) is 0. The Balaban J connectivity index is 0.000000136. The number of nitrogens with zero attached hydrogens (tertiary/aromatic N) is 6. The maximum Gasteiger partial charge on any atom is 0.164 e. The van der Waals surface area contributed by atoms with Crippen molar-refractivity contribution >= 4 is 149 Å². The van der Waals surface area contributed by atoms with Gasteiger partial charge in [-0.05, 0) is 157 Å². The van der Waals surface area contributed by atoms with Crippen molar-refractivity contribution < 1.29 is 0 Å². The van der Waals surface area contributed by atoms with Crippen molar-refractivity contribution in [2.75, 3.05) is 0 Å². The summed E-state index contributed by atoms with van der Waals surface area (Å²) < 4.78 is 5.33. The predicted molar refractivity (Wildman–Crippen MR) is 449 cm³/mol. The number of hydrogen-bond acceptors (Lipinski definition) is 8. The highest BCUT2D eigenvalue weighted by molar-refractivity contribution is 7.26. The van der Waals surface area contributed by atoms with Crippen LogP contribution in [0.4, 0.5) is 0 Å². The zero-order valence-corrected chi connectivity index (χ0v) is 58.6. The fourth-order valence-corrected chi connectivity index (χ4v) is 18.2. The number of aromatic nitrogens is 6. The van der Waals surface area contributed by atoms with Gasteiger partial charge in [-0.25, -0.2) is 29.9 Å². The Hall–Kier alpha value is -13.5. The molecule has 0 N–H and O–H groups in total. The Morgan fingerprint density at radius 2 is 0.462 bits per heavy atom. The van der Waals surface area contributed by atoms with E-state index in [0.717, 1.165) is 54.9 Å². The summed E-state index contributed by atoms with van der Waals surface area (Å²) in [6.45, 7) is 0. The molecule has 0 atom stereocenters. The lowest BCUT2D eigenvalue weighted by Gasteiger charge is -2.14. The first kappa shape index (κ1) is 61.2. The molecule has 106 heavy (non-hydrogen) atoms. The van der Waals surface area contributed by atoms with Gasteiger partial charge < -0.3 is 0 Å². The first-order valence-electron chi connectivity index (χ1n) is 35.7. The second-order valence-electron chi connectivity index (χ2n) is 27.2. The maximum atomic E-state index is 5.06. The molecule has 22 rings (SSSR count). The Morgan fingerprint density at radius 1 is 0.151 bits per heavy atom. The van der Waals surface area contributed by atoms with E-state index in [1.54, 1.807) is 0 Å². The fourth-order valence-electron chi connectivity index (χ4n) is 15.9. The smallest absolute Gasteiger partial charge is 0.164 e. The Bertz CT molecular complexity index is 7200. The molecule has 0 aliphatic rings. The highest BCUT2D eigenvalue weighted by atomic mass is 32.1. The van der Waals surface area contributed by atoms with Crippen LogP contribution in [-0.4, -0.2) is 29.9 Å². The van der Waals surface area contributed by atoms with Crippen molar-refractivity contribution in [3.05, 3.63) is 352 Å². The summed E-state index contributed by atoms with van der Waals surface area (Å²) in [4.78, 5) is 30.1. The molecule has 8 heteroatoms. The topological polar surface area (TPSA) is 77.3 Å². The monoisotopic (exact) mass is 1380 g/mol. The molecule has 4 heterocycles. The molecule has 0 radical (unpaired) electrons. The van der Waals surface area contributed by atoms with Gasteiger partial charge in [0.15, 0.2) is 34.9 Å². The van der Waals surface area contributed by atoms with E-state index in [0.29, 0.717) is 34.9 Å². The summed E-state index contributed by atoms with van der Waals surface area (Å²) in [5.41, 5.74) is 10.5. The Morgan fingerprint density at radius 3 is 0.887 bits per heavy atom. The molecule has 0 aliphatic heterocycles. The third-order valence-electron chi connectivity index (χ3n) is 21.0. The van der Waals surface area contributed by atoms with Crippen LogP contribution in [0.15, 0.2) is 352 Å². The molecule has 0 aliphatic carbocycles. The lowest BCUT2D eigenvalue weighted by atomic mass is 9.91. The molecule has 0 spiro atoms. The fraction of sp³-hybridized carbons (Fsp3) is 0.